The maximum absolute atomic E-state index is 12.6. The molecule has 6 heteroatoms. The van der Waals surface area contributed by atoms with Crippen LogP contribution in [0.4, 0.5) is 0 Å². The fourth-order valence-corrected chi connectivity index (χ4v) is 2.82. The summed E-state index contributed by atoms with van der Waals surface area (Å²) in [6.45, 7) is 9.56. The Morgan fingerprint density at radius 3 is 2.71 bits per heavy atom. The highest BCUT2D eigenvalue weighted by atomic mass is 16.2. The minimum absolute atomic E-state index is 0.104. The number of nitrogens with zero attached hydrogens (tertiary/aromatic N) is 3. The standard InChI is InChI=1S/C15H27N5O/c1-5-10-6-7-20(11(8-10)9-16)13(21)12-17-14(19-18-12)15(2,3)4/h10-11H,5-9,16H2,1-4H3,(H,17,18,19). The van der Waals surface area contributed by atoms with E-state index >= 15 is 0 Å². The molecule has 118 valence electrons. The molecule has 0 bridgehead atoms. The molecule has 1 fully saturated rings. The number of nitrogens with one attached hydrogen (secondary N) is 1. The number of hydrogen-bond donors (Lipinski definition) is 2. The Hall–Kier alpha value is -1.43. The van der Waals surface area contributed by atoms with Gasteiger partial charge in [-0.15, -0.1) is 5.10 Å². The molecular weight excluding hydrogens is 266 g/mol. The zero-order valence-corrected chi connectivity index (χ0v) is 13.5. The van der Waals surface area contributed by atoms with Gasteiger partial charge in [0.15, 0.2) is 0 Å². The van der Waals surface area contributed by atoms with E-state index < -0.39 is 0 Å². The van der Waals surface area contributed by atoms with Crippen LogP contribution in [0, 0.1) is 5.92 Å². The smallest absolute Gasteiger partial charge is 0.293 e. The van der Waals surface area contributed by atoms with Crippen LogP contribution in [0.1, 0.15) is 63.4 Å². The number of H-pyrrole nitrogens is 1. The molecule has 2 atom stereocenters. The summed E-state index contributed by atoms with van der Waals surface area (Å²) in [5, 5.41) is 6.98. The molecule has 2 rings (SSSR count). The van der Waals surface area contributed by atoms with Crippen LogP contribution >= 0.6 is 0 Å². The third kappa shape index (κ3) is 3.43. The van der Waals surface area contributed by atoms with Crippen LogP contribution < -0.4 is 5.73 Å². The molecular formula is C15H27N5O. The quantitative estimate of drug-likeness (QED) is 0.887. The lowest BCUT2D eigenvalue weighted by molar-refractivity contribution is 0.0546. The summed E-state index contributed by atoms with van der Waals surface area (Å²) >= 11 is 0. The van der Waals surface area contributed by atoms with Crippen LogP contribution in [0.5, 0.6) is 0 Å². The van der Waals surface area contributed by atoms with E-state index in [9.17, 15) is 4.79 Å². The number of hydrogen-bond acceptors (Lipinski definition) is 4. The van der Waals surface area contributed by atoms with Gasteiger partial charge >= 0.3 is 0 Å². The van der Waals surface area contributed by atoms with E-state index in [2.05, 4.69) is 22.1 Å². The van der Waals surface area contributed by atoms with E-state index in [1.165, 1.54) is 0 Å². The lowest BCUT2D eigenvalue weighted by Gasteiger charge is -2.38. The summed E-state index contributed by atoms with van der Waals surface area (Å²) < 4.78 is 0. The lowest BCUT2D eigenvalue weighted by atomic mass is 9.89. The predicted molar refractivity (Wildman–Crippen MR) is 82.0 cm³/mol. The highest BCUT2D eigenvalue weighted by Crippen LogP contribution is 2.26. The third-order valence-electron chi connectivity index (χ3n) is 4.32. The number of aromatic nitrogens is 3. The van der Waals surface area contributed by atoms with Crippen LogP contribution in [-0.2, 0) is 5.41 Å². The van der Waals surface area contributed by atoms with E-state index in [4.69, 9.17) is 5.73 Å². The van der Waals surface area contributed by atoms with Crippen molar-refractivity contribution in [3.05, 3.63) is 11.6 Å². The van der Waals surface area contributed by atoms with Gasteiger partial charge in [-0.25, -0.2) is 4.98 Å². The highest BCUT2D eigenvalue weighted by Gasteiger charge is 2.33. The molecule has 3 N–H and O–H groups in total. The summed E-state index contributed by atoms with van der Waals surface area (Å²) in [5.41, 5.74) is 5.71. The van der Waals surface area contributed by atoms with Gasteiger partial charge in [-0.3, -0.25) is 9.89 Å². The number of carbonyl (C=O) groups excluding carboxylic acids is 1. The van der Waals surface area contributed by atoms with Crippen molar-refractivity contribution in [2.24, 2.45) is 11.7 Å². The first-order valence-corrected chi connectivity index (χ1v) is 7.80. The van der Waals surface area contributed by atoms with Crippen molar-refractivity contribution in [2.75, 3.05) is 13.1 Å². The Bertz CT molecular complexity index is 490. The van der Waals surface area contributed by atoms with Gasteiger partial charge in [0.2, 0.25) is 5.82 Å². The van der Waals surface area contributed by atoms with Crippen molar-refractivity contribution in [3.63, 3.8) is 0 Å². The molecule has 1 aromatic rings. The molecule has 0 radical (unpaired) electrons. The van der Waals surface area contributed by atoms with Gasteiger partial charge < -0.3 is 10.6 Å². The van der Waals surface area contributed by atoms with Gasteiger partial charge in [-0.1, -0.05) is 34.1 Å². The first-order chi connectivity index (χ1) is 9.86. The Morgan fingerprint density at radius 2 is 2.19 bits per heavy atom. The maximum atomic E-state index is 12.6. The molecule has 2 unspecified atom stereocenters. The highest BCUT2D eigenvalue weighted by molar-refractivity contribution is 5.90. The molecule has 1 aromatic heterocycles. The Morgan fingerprint density at radius 1 is 1.48 bits per heavy atom. The Balaban J connectivity index is 2.13. The van der Waals surface area contributed by atoms with Crippen molar-refractivity contribution in [1.82, 2.24) is 20.1 Å². The summed E-state index contributed by atoms with van der Waals surface area (Å²) in [4.78, 5) is 18.8. The first kappa shape index (κ1) is 15.9. The predicted octanol–water partition coefficient (Wildman–Crippen LogP) is 1.69. The molecule has 6 nitrogen and oxygen atoms in total. The average molecular weight is 293 g/mol. The van der Waals surface area contributed by atoms with Gasteiger partial charge in [-0.2, -0.15) is 0 Å². The Labute approximate surface area is 126 Å². The van der Waals surface area contributed by atoms with Gasteiger partial charge in [0.1, 0.15) is 5.82 Å². The summed E-state index contributed by atoms with van der Waals surface area (Å²) in [5.74, 6) is 1.55. The number of amides is 1. The number of likely N-dealkylation sites (tertiary alicyclic amines) is 1. The largest absolute Gasteiger partial charge is 0.332 e. The van der Waals surface area contributed by atoms with Crippen molar-refractivity contribution in [1.29, 1.82) is 0 Å². The first-order valence-electron chi connectivity index (χ1n) is 7.80. The van der Waals surface area contributed by atoms with Crippen LogP contribution in [0.15, 0.2) is 0 Å². The van der Waals surface area contributed by atoms with Crippen LogP contribution in [0.25, 0.3) is 0 Å². The number of nitrogens with two attached hydrogens (primary N) is 1. The summed E-state index contributed by atoms with van der Waals surface area (Å²) in [6, 6.07) is 0.104. The molecule has 0 spiro atoms. The molecule has 21 heavy (non-hydrogen) atoms. The molecule has 0 aromatic carbocycles. The second-order valence-electron chi connectivity index (χ2n) is 6.94. The van der Waals surface area contributed by atoms with E-state index in [0.717, 1.165) is 31.6 Å². The van der Waals surface area contributed by atoms with E-state index in [-0.39, 0.29) is 23.2 Å². The number of rotatable bonds is 3. The molecule has 1 aliphatic rings. The maximum Gasteiger partial charge on any atom is 0.293 e. The van der Waals surface area contributed by atoms with E-state index in [1.807, 2.05) is 25.7 Å². The molecule has 1 saturated heterocycles. The fourth-order valence-electron chi connectivity index (χ4n) is 2.82. The molecule has 1 amide bonds. The van der Waals surface area contributed by atoms with Crippen LogP contribution in [-0.4, -0.2) is 45.1 Å². The molecule has 2 heterocycles. The third-order valence-corrected chi connectivity index (χ3v) is 4.32. The van der Waals surface area contributed by atoms with Crippen molar-refractivity contribution in [2.45, 2.75) is 58.4 Å². The SMILES string of the molecule is CCC1CCN(C(=O)c2n[nH]c(C(C)(C)C)n2)C(CN)C1. The second-order valence-corrected chi connectivity index (χ2v) is 6.94. The van der Waals surface area contributed by atoms with Crippen LogP contribution in [0.2, 0.25) is 0 Å². The lowest BCUT2D eigenvalue weighted by Crippen LogP contribution is -2.49. The van der Waals surface area contributed by atoms with Crippen molar-refractivity contribution in [3.8, 4) is 0 Å². The van der Waals surface area contributed by atoms with E-state index in [0.29, 0.717) is 12.5 Å². The average Bonchev–Trinajstić information content (AvgIpc) is 2.95. The zero-order chi connectivity index (χ0) is 15.6. The van der Waals surface area contributed by atoms with Crippen molar-refractivity contribution < 1.29 is 4.79 Å². The van der Waals surface area contributed by atoms with E-state index in [1.54, 1.807) is 0 Å². The van der Waals surface area contributed by atoms with Crippen LogP contribution in [0.3, 0.4) is 0 Å². The topological polar surface area (TPSA) is 87.9 Å². The number of piperidine rings is 1. The number of carbonyl (C=O) groups is 1. The summed E-state index contributed by atoms with van der Waals surface area (Å²) in [6.07, 6.45) is 3.16. The molecule has 1 aliphatic heterocycles. The zero-order valence-electron chi connectivity index (χ0n) is 13.5. The van der Waals surface area contributed by atoms with Gasteiger partial charge in [0.05, 0.1) is 0 Å². The minimum Gasteiger partial charge on any atom is -0.332 e. The van der Waals surface area contributed by atoms with Gasteiger partial charge in [-0.05, 0) is 18.8 Å². The van der Waals surface area contributed by atoms with Gasteiger partial charge in [0.25, 0.3) is 5.91 Å². The minimum atomic E-state index is -0.145. The monoisotopic (exact) mass is 293 g/mol. The Kier molecular flexibility index (Phi) is 4.66. The molecule has 0 aliphatic carbocycles. The molecule has 0 saturated carbocycles. The summed E-state index contributed by atoms with van der Waals surface area (Å²) in [7, 11) is 0. The normalized spacial score (nSPS) is 23.4. The number of aromatic amines is 1. The van der Waals surface area contributed by atoms with Crippen molar-refractivity contribution >= 4 is 5.91 Å². The second kappa shape index (κ2) is 6.13. The fraction of sp³-hybridized carbons (Fsp3) is 0.800. The van der Waals surface area contributed by atoms with Gasteiger partial charge in [0, 0.05) is 24.5 Å².